The second-order valence-corrected chi connectivity index (χ2v) is 4.88. The molecule has 5 nitrogen and oxygen atoms in total. The van der Waals surface area contributed by atoms with Crippen LogP contribution in [0.25, 0.3) is 0 Å². The summed E-state index contributed by atoms with van der Waals surface area (Å²) in [6.07, 6.45) is 0.170. The van der Waals surface area contributed by atoms with E-state index in [1.807, 2.05) is 26.0 Å². The van der Waals surface area contributed by atoms with Crippen LogP contribution in [0.3, 0.4) is 0 Å². The molecule has 0 aromatic carbocycles. The van der Waals surface area contributed by atoms with Gasteiger partial charge in [0.2, 0.25) is 0 Å². The Hall–Kier alpha value is -1.62. The lowest BCUT2D eigenvalue weighted by molar-refractivity contribution is 0.0340. The van der Waals surface area contributed by atoms with Gasteiger partial charge in [-0.15, -0.1) is 0 Å². The molecule has 98 valence electrons. The molecule has 1 aromatic rings. The summed E-state index contributed by atoms with van der Waals surface area (Å²) in [5, 5.41) is 7.66. The number of aromatic nitrogens is 1. The maximum atomic E-state index is 7.66. The van der Waals surface area contributed by atoms with Crippen LogP contribution in [0.1, 0.15) is 25.1 Å². The van der Waals surface area contributed by atoms with Crippen molar-refractivity contribution in [1.82, 2.24) is 4.98 Å². The Bertz CT molecular complexity index is 460. The molecule has 5 heteroatoms. The molecule has 1 aliphatic heterocycles. The molecule has 2 rings (SSSR count). The van der Waals surface area contributed by atoms with Gasteiger partial charge < -0.3 is 15.4 Å². The second kappa shape index (κ2) is 4.94. The van der Waals surface area contributed by atoms with Crippen LogP contribution in [0.15, 0.2) is 12.1 Å². The highest BCUT2D eigenvalue weighted by molar-refractivity contribution is 5.99. The quantitative estimate of drug-likeness (QED) is 0.611. The molecule has 1 saturated heterocycles. The van der Waals surface area contributed by atoms with Gasteiger partial charge in [-0.2, -0.15) is 0 Å². The Kier molecular flexibility index (Phi) is 3.52. The number of morpholine rings is 1. The molecule has 0 aliphatic carbocycles. The summed E-state index contributed by atoms with van der Waals surface area (Å²) in [6, 6.07) is 4.00. The fourth-order valence-electron chi connectivity index (χ4n) is 2.17. The number of hydrogen-bond donors (Lipinski definition) is 2. The van der Waals surface area contributed by atoms with Gasteiger partial charge in [0.25, 0.3) is 0 Å². The Morgan fingerprint density at radius 2 is 2.22 bits per heavy atom. The fraction of sp³-hybridized carbons (Fsp3) is 0.538. The van der Waals surface area contributed by atoms with Crippen LogP contribution in [0.2, 0.25) is 0 Å². The number of nitrogens with zero attached hydrogens (tertiary/aromatic N) is 2. The zero-order valence-corrected chi connectivity index (χ0v) is 11.1. The first-order valence-electron chi connectivity index (χ1n) is 6.19. The van der Waals surface area contributed by atoms with E-state index in [4.69, 9.17) is 15.9 Å². The molecule has 1 fully saturated rings. The fourth-order valence-corrected chi connectivity index (χ4v) is 2.17. The Balaban J connectivity index is 2.41. The van der Waals surface area contributed by atoms with Gasteiger partial charge >= 0.3 is 0 Å². The van der Waals surface area contributed by atoms with Crippen LogP contribution in [0, 0.1) is 12.3 Å². The summed E-state index contributed by atoms with van der Waals surface area (Å²) in [6.45, 7) is 7.54. The van der Waals surface area contributed by atoms with Gasteiger partial charge in [0.1, 0.15) is 11.7 Å². The van der Waals surface area contributed by atoms with E-state index in [-0.39, 0.29) is 18.0 Å². The van der Waals surface area contributed by atoms with Gasteiger partial charge in [-0.25, -0.2) is 4.98 Å². The molecule has 0 saturated carbocycles. The first-order chi connectivity index (χ1) is 8.49. The highest BCUT2D eigenvalue weighted by Crippen LogP contribution is 2.24. The molecular weight excluding hydrogens is 228 g/mol. The topological polar surface area (TPSA) is 75.2 Å². The van der Waals surface area contributed by atoms with Gasteiger partial charge in [0, 0.05) is 12.2 Å². The molecule has 1 aliphatic rings. The van der Waals surface area contributed by atoms with Crippen LogP contribution in [0.4, 0.5) is 5.82 Å². The number of nitrogen functional groups attached to an aromatic ring is 1. The largest absolute Gasteiger partial charge is 0.384 e. The third-order valence-corrected chi connectivity index (χ3v) is 3.18. The summed E-state index contributed by atoms with van der Waals surface area (Å²) in [4.78, 5) is 6.73. The number of anilines is 1. The Morgan fingerprint density at radius 1 is 1.50 bits per heavy atom. The summed E-state index contributed by atoms with van der Waals surface area (Å²) in [5.74, 6) is 0.856. The summed E-state index contributed by atoms with van der Waals surface area (Å²) in [5.41, 5.74) is 7.26. The van der Waals surface area contributed by atoms with Crippen molar-refractivity contribution in [2.45, 2.75) is 32.9 Å². The molecule has 2 unspecified atom stereocenters. The molecule has 2 atom stereocenters. The van der Waals surface area contributed by atoms with Gasteiger partial charge in [-0.3, -0.25) is 5.41 Å². The Morgan fingerprint density at radius 3 is 2.89 bits per heavy atom. The van der Waals surface area contributed by atoms with Crippen LogP contribution in [0.5, 0.6) is 0 Å². The van der Waals surface area contributed by atoms with Crippen molar-refractivity contribution in [3.05, 3.63) is 23.4 Å². The van der Waals surface area contributed by atoms with Crippen LogP contribution >= 0.6 is 0 Å². The van der Waals surface area contributed by atoms with E-state index >= 15 is 0 Å². The van der Waals surface area contributed by atoms with Crippen LogP contribution in [-0.2, 0) is 4.74 Å². The normalized spacial score (nSPS) is 24.1. The first-order valence-corrected chi connectivity index (χ1v) is 6.19. The molecule has 2 heterocycles. The average Bonchev–Trinajstić information content (AvgIpc) is 2.31. The van der Waals surface area contributed by atoms with Gasteiger partial charge in [0.05, 0.1) is 24.3 Å². The molecular formula is C13H20N4O. The lowest BCUT2D eigenvalue weighted by atomic mass is 10.1. The smallest absolute Gasteiger partial charge is 0.140 e. The van der Waals surface area contributed by atoms with Crippen molar-refractivity contribution in [2.24, 2.45) is 5.73 Å². The molecule has 0 spiro atoms. The maximum Gasteiger partial charge on any atom is 0.140 e. The lowest BCUT2D eigenvalue weighted by Gasteiger charge is -2.38. The summed E-state index contributed by atoms with van der Waals surface area (Å²) in [7, 11) is 0. The van der Waals surface area contributed by atoms with E-state index in [2.05, 4.69) is 16.8 Å². The van der Waals surface area contributed by atoms with Crippen molar-refractivity contribution >= 4 is 11.7 Å². The summed E-state index contributed by atoms with van der Waals surface area (Å²) < 4.78 is 5.62. The van der Waals surface area contributed by atoms with E-state index in [1.165, 1.54) is 0 Å². The first kappa shape index (κ1) is 12.8. The standard InChI is InChI=1S/C13H20N4O/c1-8-4-5-11(12(14)15)13(16-8)17-6-10(3)18-7-9(17)2/h4-5,9-10H,6-7H2,1-3H3,(H3,14,15). The minimum absolute atomic E-state index is 0.0591. The van der Waals surface area contributed by atoms with E-state index in [9.17, 15) is 0 Å². The number of pyridine rings is 1. The van der Waals surface area contributed by atoms with E-state index in [0.29, 0.717) is 12.2 Å². The molecule has 0 bridgehead atoms. The van der Waals surface area contributed by atoms with Crippen molar-refractivity contribution in [1.29, 1.82) is 5.41 Å². The van der Waals surface area contributed by atoms with Crippen molar-refractivity contribution in [3.8, 4) is 0 Å². The zero-order valence-electron chi connectivity index (χ0n) is 11.1. The van der Waals surface area contributed by atoms with Gasteiger partial charge in [-0.1, -0.05) is 0 Å². The van der Waals surface area contributed by atoms with Gasteiger partial charge in [0.15, 0.2) is 0 Å². The summed E-state index contributed by atoms with van der Waals surface area (Å²) >= 11 is 0. The third kappa shape index (κ3) is 2.46. The van der Waals surface area contributed by atoms with Crippen LogP contribution < -0.4 is 10.6 Å². The molecule has 3 N–H and O–H groups in total. The predicted octanol–water partition coefficient (Wildman–Crippen LogP) is 1.29. The third-order valence-electron chi connectivity index (χ3n) is 3.18. The van der Waals surface area contributed by atoms with Crippen molar-refractivity contribution in [2.75, 3.05) is 18.1 Å². The highest BCUT2D eigenvalue weighted by atomic mass is 16.5. The number of aryl methyl sites for hydroxylation is 1. The monoisotopic (exact) mass is 248 g/mol. The second-order valence-electron chi connectivity index (χ2n) is 4.88. The van der Waals surface area contributed by atoms with Crippen molar-refractivity contribution in [3.63, 3.8) is 0 Å². The maximum absolute atomic E-state index is 7.66. The van der Waals surface area contributed by atoms with Gasteiger partial charge in [-0.05, 0) is 32.9 Å². The number of hydrogen-bond acceptors (Lipinski definition) is 4. The molecule has 1 aromatic heterocycles. The number of rotatable bonds is 2. The minimum atomic E-state index is 0.0591. The zero-order chi connectivity index (χ0) is 13.3. The molecule has 18 heavy (non-hydrogen) atoms. The number of nitrogens with one attached hydrogen (secondary N) is 1. The Labute approximate surface area is 107 Å². The highest BCUT2D eigenvalue weighted by Gasteiger charge is 2.26. The number of amidine groups is 1. The molecule has 0 amide bonds. The van der Waals surface area contributed by atoms with E-state index in [1.54, 1.807) is 0 Å². The SMILES string of the molecule is Cc1ccc(C(=N)N)c(N2CC(C)OCC2C)n1. The lowest BCUT2D eigenvalue weighted by Crippen LogP contribution is -2.48. The van der Waals surface area contributed by atoms with E-state index < -0.39 is 0 Å². The van der Waals surface area contributed by atoms with Crippen LogP contribution in [-0.4, -0.2) is 36.1 Å². The predicted molar refractivity (Wildman–Crippen MR) is 72.2 cm³/mol. The average molecular weight is 248 g/mol. The number of ether oxygens (including phenoxy) is 1. The minimum Gasteiger partial charge on any atom is -0.384 e. The number of nitrogens with two attached hydrogens (primary N) is 1. The van der Waals surface area contributed by atoms with Crippen molar-refractivity contribution < 1.29 is 4.74 Å². The van der Waals surface area contributed by atoms with E-state index in [0.717, 1.165) is 18.1 Å². The molecule has 0 radical (unpaired) electrons.